The van der Waals surface area contributed by atoms with E-state index in [0.717, 1.165) is 17.0 Å². The van der Waals surface area contributed by atoms with Gasteiger partial charge in [-0.1, -0.05) is 0 Å². The predicted molar refractivity (Wildman–Crippen MR) is 91.7 cm³/mol. The Morgan fingerprint density at radius 3 is 2.20 bits per heavy atom. The predicted octanol–water partition coefficient (Wildman–Crippen LogP) is 4.88. The van der Waals surface area contributed by atoms with Crippen molar-refractivity contribution in [3.05, 3.63) is 60.4 Å². The second-order valence-electron chi connectivity index (χ2n) is 5.32. The van der Waals surface area contributed by atoms with Crippen molar-refractivity contribution in [1.82, 2.24) is 9.55 Å². The van der Waals surface area contributed by atoms with E-state index in [0.29, 0.717) is 18.2 Å². The summed E-state index contributed by atoms with van der Waals surface area (Å²) in [5, 5.41) is 0. The number of imidazole rings is 1. The zero-order valence-corrected chi connectivity index (χ0v) is 13.9. The van der Waals surface area contributed by atoms with Crippen molar-refractivity contribution in [1.29, 1.82) is 0 Å². The number of nitrogens with zero attached hydrogens (tertiary/aromatic N) is 2. The first-order valence-corrected chi connectivity index (χ1v) is 7.87. The molecule has 0 saturated carbocycles. The molecule has 6 heteroatoms. The van der Waals surface area contributed by atoms with E-state index in [1.807, 2.05) is 19.1 Å². The van der Waals surface area contributed by atoms with Crippen LogP contribution in [0.4, 0.5) is 8.78 Å². The van der Waals surface area contributed by atoms with Crippen molar-refractivity contribution >= 4 is 0 Å². The van der Waals surface area contributed by atoms with Gasteiger partial charge in [0.25, 0.3) is 6.43 Å². The van der Waals surface area contributed by atoms with Crippen LogP contribution >= 0.6 is 0 Å². The monoisotopic (exact) mass is 344 g/mol. The van der Waals surface area contributed by atoms with Gasteiger partial charge in [-0.25, -0.2) is 13.8 Å². The fourth-order valence-corrected chi connectivity index (χ4v) is 2.51. The zero-order valence-electron chi connectivity index (χ0n) is 13.9. The largest absolute Gasteiger partial charge is 0.497 e. The molecule has 1 heterocycles. The Kier molecular flexibility index (Phi) is 4.97. The van der Waals surface area contributed by atoms with Gasteiger partial charge in [0.05, 0.1) is 13.7 Å². The van der Waals surface area contributed by atoms with Crippen molar-refractivity contribution in [2.45, 2.75) is 13.3 Å². The van der Waals surface area contributed by atoms with Crippen LogP contribution in [0.15, 0.2) is 54.7 Å². The fraction of sp³-hybridized carbons (Fsp3) is 0.211. The lowest BCUT2D eigenvalue weighted by molar-refractivity contribution is 0.146. The van der Waals surface area contributed by atoms with Gasteiger partial charge >= 0.3 is 0 Å². The van der Waals surface area contributed by atoms with Gasteiger partial charge in [-0.2, -0.15) is 0 Å². The van der Waals surface area contributed by atoms with Gasteiger partial charge in [0.2, 0.25) is 0 Å². The molecular formula is C19H18F2N2O2. The molecule has 0 amide bonds. The van der Waals surface area contributed by atoms with Crippen LogP contribution in [0, 0.1) is 0 Å². The molecule has 0 N–H and O–H groups in total. The summed E-state index contributed by atoms with van der Waals surface area (Å²) in [4.78, 5) is 4.11. The van der Waals surface area contributed by atoms with E-state index in [4.69, 9.17) is 9.47 Å². The minimum Gasteiger partial charge on any atom is -0.497 e. The number of alkyl halides is 2. The van der Waals surface area contributed by atoms with E-state index < -0.39 is 6.43 Å². The van der Waals surface area contributed by atoms with Crippen LogP contribution in [0.1, 0.15) is 19.0 Å². The summed E-state index contributed by atoms with van der Waals surface area (Å²) >= 11 is 0. The number of hydrogen-bond acceptors (Lipinski definition) is 3. The first kappa shape index (κ1) is 17.0. The molecule has 4 nitrogen and oxygen atoms in total. The summed E-state index contributed by atoms with van der Waals surface area (Å²) in [6.07, 6.45) is -1.28. The molecule has 2 aromatic carbocycles. The Morgan fingerprint density at radius 1 is 1.00 bits per heavy atom. The Bertz CT molecular complexity index is 828. The Hall–Kier alpha value is -2.89. The van der Waals surface area contributed by atoms with Crippen LogP contribution in [0.5, 0.6) is 11.5 Å². The molecule has 0 aliphatic rings. The molecule has 130 valence electrons. The van der Waals surface area contributed by atoms with E-state index in [1.54, 1.807) is 48.1 Å². The number of halogens is 2. The Balaban J connectivity index is 2.04. The molecule has 0 radical (unpaired) electrons. The molecule has 0 aliphatic heterocycles. The highest BCUT2D eigenvalue weighted by Gasteiger charge is 2.17. The molecule has 25 heavy (non-hydrogen) atoms. The number of methoxy groups -OCH3 is 1. The Labute approximate surface area is 144 Å². The highest BCUT2D eigenvalue weighted by Crippen LogP contribution is 2.29. The lowest BCUT2D eigenvalue weighted by atomic mass is 10.2. The second kappa shape index (κ2) is 7.34. The van der Waals surface area contributed by atoms with Crippen molar-refractivity contribution in [3.63, 3.8) is 0 Å². The molecule has 0 fully saturated rings. The maximum Gasteiger partial charge on any atom is 0.281 e. The SMILES string of the molecule is CCOc1ccc(-n2cc(C(F)F)nc2-c2ccc(OC)cc2)cc1. The molecule has 3 aromatic rings. The minimum atomic E-state index is -2.64. The van der Waals surface area contributed by atoms with E-state index in [-0.39, 0.29) is 5.69 Å². The van der Waals surface area contributed by atoms with Crippen LogP contribution in [-0.2, 0) is 0 Å². The molecule has 3 rings (SSSR count). The average molecular weight is 344 g/mol. The van der Waals surface area contributed by atoms with Crippen LogP contribution in [0.2, 0.25) is 0 Å². The number of rotatable bonds is 6. The van der Waals surface area contributed by atoms with Crippen molar-refractivity contribution in [3.8, 4) is 28.6 Å². The first-order chi connectivity index (χ1) is 12.1. The molecule has 0 bridgehead atoms. The first-order valence-electron chi connectivity index (χ1n) is 7.87. The highest BCUT2D eigenvalue weighted by molar-refractivity contribution is 5.60. The smallest absolute Gasteiger partial charge is 0.281 e. The lowest BCUT2D eigenvalue weighted by Gasteiger charge is -2.10. The van der Waals surface area contributed by atoms with Crippen LogP contribution in [0.25, 0.3) is 17.1 Å². The second-order valence-corrected chi connectivity index (χ2v) is 5.32. The maximum absolute atomic E-state index is 13.2. The molecule has 0 atom stereocenters. The van der Waals surface area contributed by atoms with Crippen molar-refractivity contribution < 1.29 is 18.3 Å². The van der Waals surface area contributed by atoms with Crippen molar-refractivity contribution in [2.24, 2.45) is 0 Å². The molecule has 1 aromatic heterocycles. The van der Waals surface area contributed by atoms with Crippen LogP contribution in [-0.4, -0.2) is 23.3 Å². The molecule has 0 aliphatic carbocycles. The van der Waals surface area contributed by atoms with E-state index in [9.17, 15) is 8.78 Å². The molecule has 0 saturated heterocycles. The Morgan fingerprint density at radius 2 is 1.64 bits per heavy atom. The molecular weight excluding hydrogens is 326 g/mol. The molecule has 0 unspecified atom stereocenters. The van der Waals surface area contributed by atoms with E-state index in [2.05, 4.69) is 4.98 Å². The summed E-state index contributed by atoms with van der Waals surface area (Å²) in [5.74, 6) is 1.87. The minimum absolute atomic E-state index is 0.264. The van der Waals surface area contributed by atoms with Gasteiger partial charge in [0.15, 0.2) is 0 Å². The van der Waals surface area contributed by atoms with Crippen LogP contribution < -0.4 is 9.47 Å². The third-order valence-corrected chi connectivity index (χ3v) is 3.72. The van der Waals surface area contributed by atoms with E-state index in [1.165, 1.54) is 6.20 Å². The quantitative estimate of drug-likeness (QED) is 0.639. The van der Waals surface area contributed by atoms with Crippen LogP contribution in [0.3, 0.4) is 0 Å². The summed E-state index contributed by atoms with van der Waals surface area (Å²) in [5.41, 5.74) is 1.19. The van der Waals surface area contributed by atoms with Gasteiger partial charge in [-0.05, 0) is 55.5 Å². The summed E-state index contributed by atoms with van der Waals surface area (Å²) in [6, 6.07) is 14.4. The van der Waals surface area contributed by atoms with Gasteiger partial charge in [-0.3, -0.25) is 4.57 Å². The lowest BCUT2D eigenvalue weighted by Crippen LogP contribution is -1.97. The standard InChI is InChI=1S/C19H18F2N2O2/c1-3-25-16-10-6-14(7-11-16)23-12-17(18(20)21)22-19(23)13-4-8-15(24-2)9-5-13/h4-12,18H,3H2,1-2H3. The third kappa shape index (κ3) is 3.63. The topological polar surface area (TPSA) is 36.3 Å². The fourth-order valence-electron chi connectivity index (χ4n) is 2.51. The number of ether oxygens (including phenoxy) is 2. The number of aromatic nitrogens is 2. The summed E-state index contributed by atoms with van der Waals surface area (Å²) < 4.78 is 38.5. The normalized spacial score (nSPS) is 10.9. The van der Waals surface area contributed by atoms with Gasteiger partial charge < -0.3 is 9.47 Å². The third-order valence-electron chi connectivity index (χ3n) is 3.72. The van der Waals surface area contributed by atoms with Gasteiger partial charge in [0, 0.05) is 17.4 Å². The molecule has 0 spiro atoms. The highest BCUT2D eigenvalue weighted by atomic mass is 19.3. The summed E-state index contributed by atoms with van der Waals surface area (Å²) in [6.45, 7) is 2.47. The van der Waals surface area contributed by atoms with E-state index >= 15 is 0 Å². The number of benzene rings is 2. The number of hydrogen-bond donors (Lipinski definition) is 0. The maximum atomic E-state index is 13.2. The van der Waals surface area contributed by atoms with Crippen molar-refractivity contribution in [2.75, 3.05) is 13.7 Å². The van der Waals surface area contributed by atoms with Gasteiger partial charge in [-0.15, -0.1) is 0 Å². The van der Waals surface area contributed by atoms with Gasteiger partial charge in [0.1, 0.15) is 23.0 Å². The zero-order chi connectivity index (χ0) is 17.8. The summed E-state index contributed by atoms with van der Waals surface area (Å²) in [7, 11) is 1.57. The average Bonchev–Trinajstić information content (AvgIpc) is 3.08.